The van der Waals surface area contributed by atoms with Crippen molar-refractivity contribution >= 4 is 5.71 Å². The van der Waals surface area contributed by atoms with E-state index in [2.05, 4.69) is 30.0 Å². The van der Waals surface area contributed by atoms with Crippen molar-refractivity contribution in [3.8, 4) is 5.75 Å². The van der Waals surface area contributed by atoms with Crippen LogP contribution in [0.15, 0.2) is 23.4 Å². The van der Waals surface area contributed by atoms with Gasteiger partial charge in [0.2, 0.25) is 0 Å². The Bertz CT molecular complexity index is 785. The Morgan fingerprint density at radius 2 is 1.97 bits per heavy atom. The van der Waals surface area contributed by atoms with E-state index in [-0.39, 0.29) is 5.41 Å². The van der Waals surface area contributed by atoms with Crippen LogP contribution in [0.1, 0.15) is 75.3 Å². The molecule has 0 aromatic heterocycles. The van der Waals surface area contributed by atoms with E-state index < -0.39 is 0 Å². The molecule has 1 aromatic rings. The molecule has 5 rings (SSSR count). The molecular weight excluding hydrogens is 372 g/mol. The second-order valence-corrected chi connectivity index (χ2v) is 10.2. The zero-order valence-electron chi connectivity index (χ0n) is 18.9. The largest absolute Gasteiger partial charge is 0.497 e. The average Bonchev–Trinajstić information content (AvgIpc) is 3.13. The van der Waals surface area contributed by atoms with Crippen LogP contribution in [0.25, 0.3) is 0 Å². The summed E-state index contributed by atoms with van der Waals surface area (Å²) in [6.45, 7) is 6.72. The summed E-state index contributed by atoms with van der Waals surface area (Å²) in [5.74, 6) is 3.28. The van der Waals surface area contributed by atoms with Crippen LogP contribution in [-0.4, -0.2) is 44.0 Å². The van der Waals surface area contributed by atoms with Crippen molar-refractivity contribution in [2.24, 2.45) is 22.4 Å². The number of piperidine rings is 1. The van der Waals surface area contributed by atoms with E-state index in [0.717, 1.165) is 43.1 Å². The van der Waals surface area contributed by atoms with Gasteiger partial charge in [-0.15, -0.1) is 0 Å². The zero-order chi connectivity index (χ0) is 20.6. The van der Waals surface area contributed by atoms with Gasteiger partial charge in [-0.1, -0.05) is 24.6 Å². The predicted molar refractivity (Wildman–Crippen MR) is 121 cm³/mol. The van der Waals surface area contributed by atoms with Crippen molar-refractivity contribution in [3.05, 3.63) is 29.3 Å². The van der Waals surface area contributed by atoms with Crippen molar-refractivity contribution in [1.82, 2.24) is 4.90 Å². The molecule has 0 bridgehead atoms. The molecule has 0 amide bonds. The first-order valence-corrected chi connectivity index (χ1v) is 12.3. The maximum atomic E-state index is 5.88. The topological polar surface area (TPSA) is 34.1 Å². The van der Waals surface area contributed by atoms with Gasteiger partial charge in [-0.05, 0) is 105 Å². The third-order valence-corrected chi connectivity index (χ3v) is 8.80. The highest BCUT2D eigenvalue weighted by atomic mass is 16.6. The van der Waals surface area contributed by atoms with E-state index in [9.17, 15) is 0 Å². The third kappa shape index (κ3) is 3.66. The lowest BCUT2D eigenvalue weighted by Gasteiger charge is -2.49. The first kappa shape index (κ1) is 20.4. The quantitative estimate of drug-likeness (QED) is 0.481. The Balaban J connectivity index is 1.24. The number of oxime groups is 1. The molecule has 4 atom stereocenters. The van der Waals surface area contributed by atoms with E-state index in [4.69, 9.17) is 14.7 Å². The van der Waals surface area contributed by atoms with Crippen molar-refractivity contribution in [1.29, 1.82) is 0 Å². The third-order valence-electron chi connectivity index (χ3n) is 8.80. The zero-order valence-corrected chi connectivity index (χ0v) is 18.9. The number of hydrogen-bond donors (Lipinski definition) is 0. The second kappa shape index (κ2) is 8.53. The van der Waals surface area contributed by atoms with E-state index in [1.54, 1.807) is 12.7 Å². The highest BCUT2D eigenvalue weighted by Gasteiger charge is 2.53. The maximum Gasteiger partial charge on any atom is 0.129 e. The predicted octanol–water partition coefficient (Wildman–Crippen LogP) is 5.41. The molecule has 4 heteroatoms. The Hall–Kier alpha value is -1.55. The van der Waals surface area contributed by atoms with Crippen molar-refractivity contribution < 1.29 is 9.57 Å². The number of methoxy groups -OCH3 is 1. The highest BCUT2D eigenvalue weighted by Crippen LogP contribution is 2.60. The van der Waals surface area contributed by atoms with Crippen LogP contribution in [0, 0.1) is 17.3 Å². The standard InChI is InChI=1S/C26H38N2O2/c1-26-13-12-22-21-9-7-20(29-2)18-19(21)6-8-23(22)24(26)10-11-25(26)27-30-17-16-28-14-4-3-5-15-28/h7,9,18,22-24H,3-6,8,10-17H2,1-2H3/t22-,23-,24+,26+/m1/s1. The number of hydrogen-bond acceptors (Lipinski definition) is 4. The number of rotatable bonds is 5. The van der Waals surface area contributed by atoms with Gasteiger partial charge in [-0.2, -0.15) is 0 Å². The monoisotopic (exact) mass is 410 g/mol. The molecule has 0 spiro atoms. The summed E-state index contributed by atoms with van der Waals surface area (Å²) in [6.07, 6.45) is 11.5. The van der Waals surface area contributed by atoms with Crippen LogP contribution in [0.3, 0.4) is 0 Å². The first-order chi connectivity index (χ1) is 14.7. The normalized spacial score (nSPS) is 34.9. The summed E-state index contributed by atoms with van der Waals surface area (Å²) >= 11 is 0. The van der Waals surface area contributed by atoms with Crippen molar-refractivity contribution in [2.75, 3.05) is 33.4 Å². The number of fused-ring (bicyclic) bond motifs is 5. The van der Waals surface area contributed by atoms with Crippen LogP contribution in [-0.2, 0) is 11.3 Å². The van der Waals surface area contributed by atoms with Gasteiger partial charge in [-0.25, -0.2) is 0 Å². The molecule has 1 heterocycles. The summed E-state index contributed by atoms with van der Waals surface area (Å²) in [5, 5.41) is 4.74. The van der Waals surface area contributed by atoms with Crippen LogP contribution in [0.4, 0.5) is 0 Å². The molecule has 0 unspecified atom stereocenters. The fourth-order valence-electron chi connectivity index (χ4n) is 7.10. The van der Waals surface area contributed by atoms with Gasteiger partial charge in [-0.3, -0.25) is 4.90 Å². The van der Waals surface area contributed by atoms with Crippen LogP contribution < -0.4 is 4.74 Å². The molecule has 30 heavy (non-hydrogen) atoms. The minimum absolute atomic E-state index is 0.246. The van der Waals surface area contributed by atoms with Gasteiger partial charge in [0, 0.05) is 12.0 Å². The summed E-state index contributed by atoms with van der Waals surface area (Å²) in [4.78, 5) is 8.42. The molecule has 0 radical (unpaired) electrons. The summed E-state index contributed by atoms with van der Waals surface area (Å²) in [7, 11) is 1.77. The van der Waals surface area contributed by atoms with E-state index >= 15 is 0 Å². The number of likely N-dealkylation sites (tertiary alicyclic amines) is 1. The molecule has 1 aromatic carbocycles. The Labute approximate surface area is 182 Å². The second-order valence-electron chi connectivity index (χ2n) is 10.2. The van der Waals surface area contributed by atoms with Crippen molar-refractivity contribution in [2.45, 2.75) is 70.6 Å². The average molecular weight is 411 g/mol. The van der Waals surface area contributed by atoms with E-state index in [1.807, 2.05) is 0 Å². The molecule has 1 saturated heterocycles. The van der Waals surface area contributed by atoms with Crippen LogP contribution in [0.5, 0.6) is 5.75 Å². The van der Waals surface area contributed by atoms with Gasteiger partial charge in [0.15, 0.2) is 0 Å². The minimum Gasteiger partial charge on any atom is -0.497 e. The fourth-order valence-corrected chi connectivity index (χ4v) is 7.10. The van der Waals surface area contributed by atoms with Gasteiger partial charge in [0.05, 0.1) is 12.8 Å². The summed E-state index contributed by atoms with van der Waals surface area (Å²) in [5.41, 5.74) is 4.71. The summed E-state index contributed by atoms with van der Waals surface area (Å²) in [6, 6.07) is 6.78. The smallest absolute Gasteiger partial charge is 0.129 e. The Morgan fingerprint density at radius 1 is 1.10 bits per heavy atom. The molecule has 2 saturated carbocycles. The lowest BCUT2D eigenvalue weighted by molar-refractivity contribution is 0.0821. The molecule has 0 N–H and O–H groups in total. The molecule has 4 aliphatic rings. The molecule has 1 aliphatic heterocycles. The van der Waals surface area contributed by atoms with Crippen LogP contribution >= 0.6 is 0 Å². The lowest BCUT2D eigenvalue weighted by Crippen LogP contribution is -2.42. The van der Waals surface area contributed by atoms with Gasteiger partial charge < -0.3 is 9.57 Å². The highest BCUT2D eigenvalue weighted by molar-refractivity contribution is 5.92. The maximum absolute atomic E-state index is 5.88. The van der Waals surface area contributed by atoms with Gasteiger partial charge in [0.1, 0.15) is 12.4 Å². The first-order valence-electron chi connectivity index (χ1n) is 12.3. The molecule has 164 valence electrons. The number of ether oxygens (including phenoxy) is 1. The SMILES string of the molecule is COc1ccc2c(c1)CC[C@@H]1[C@@H]2CC[C@]2(C)C(=NOCCN3CCCCC3)CC[C@@H]12. The van der Waals surface area contributed by atoms with Crippen LogP contribution in [0.2, 0.25) is 0 Å². The molecule has 3 fully saturated rings. The van der Waals surface area contributed by atoms with E-state index in [1.165, 1.54) is 75.7 Å². The Morgan fingerprint density at radius 3 is 2.80 bits per heavy atom. The molecular formula is C26H38N2O2. The van der Waals surface area contributed by atoms with Gasteiger partial charge >= 0.3 is 0 Å². The molecule has 3 aliphatic carbocycles. The Kier molecular flexibility index (Phi) is 5.79. The lowest BCUT2D eigenvalue weighted by atomic mass is 9.55. The number of aryl methyl sites for hydroxylation is 1. The van der Waals surface area contributed by atoms with E-state index in [0.29, 0.717) is 0 Å². The number of benzene rings is 1. The van der Waals surface area contributed by atoms with Gasteiger partial charge in [0.25, 0.3) is 0 Å². The minimum atomic E-state index is 0.246. The molecule has 4 nitrogen and oxygen atoms in total. The van der Waals surface area contributed by atoms with Crippen molar-refractivity contribution in [3.63, 3.8) is 0 Å². The summed E-state index contributed by atoms with van der Waals surface area (Å²) < 4.78 is 5.47. The number of nitrogens with zero attached hydrogens (tertiary/aromatic N) is 2. The fraction of sp³-hybridized carbons (Fsp3) is 0.731.